The standard InChI is InChI=1S/C18H18N4O3/c1-11(25-16-8-12-9-20-21-15(12)10-19-16)6-7-22-17(23)13-4-2-3-5-14(13)18(22)24/h2-4,8-11,14H,5-7H2,1H3,(H,20,21)/t11-,14?/m1/s1. The number of nitrogens with one attached hydrogen (secondary N) is 1. The number of allylic oxidation sites excluding steroid dienone is 3. The Hall–Kier alpha value is -2.96. The molecular weight excluding hydrogens is 320 g/mol. The summed E-state index contributed by atoms with van der Waals surface area (Å²) in [7, 11) is 0. The van der Waals surface area contributed by atoms with E-state index in [1.54, 1.807) is 18.5 Å². The molecule has 0 bridgehead atoms. The quantitative estimate of drug-likeness (QED) is 0.842. The molecule has 2 aliphatic rings. The van der Waals surface area contributed by atoms with Gasteiger partial charge in [0.2, 0.25) is 11.8 Å². The topological polar surface area (TPSA) is 88.2 Å². The number of aromatic amines is 1. The molecule has 0 saturated carbocycles. The van der Waals surface area contributed by atoms with Gasteiger partial charge >= 0.3 is 0 Å². The summed E-state index contributed by atoms with van der Waals surface area (Å²) in [4.78, 5) is 30.4. The van der Waals surface area contributed by atoms with E-state index < -0.39 is 0 Å². The van der Waals surface area contributed by atoms with Gasteiger partial charge in [0.25, 0.3) is 5.91 Å². The van der Waals surface area contributed by atoms with E-state index in [9.17, 15) is 9.59 Å². The Labute approximate surface area is 144 Å². The number of hydrogen-bond acceptors (Lipinski definition) is 5. The van der Waals surface area contributed by atoms with Crippen LogP contribution in [0.15, 0.2) is 42.3 Å². The molecule has 2 atom stereocenters. The molecule has 1 saturated heterocycles. The molecule has 3 heterocycles. The van der Waals surface area contributed by atoms with Crippen molar-refractivity contribution in [2.75, 3.05) is 6.54 Å². The molecule has 7 heteroatoms. The zero-order valence-corrected chi connectivity index (χ0v) is 13.8. The average Bonchev–Trinajstić information content (AvgIpc) is 3.17. The summed E-state index contributed by atoms with van der Waals surface area (Å²) in [6.07, 6.45) is 9.87. The molecule has 1 aliphatic carbocycles. The number of carbonyl (C=O) groups is 2. The van der Waals surface area contributed by atoms with Crippen molar-refractivity contribution < 1.29 is 14.3 Å². The van der Waals surface area contributed by atoms with E-state index in [4.69, 9.17) is 4.74 Å². The normalized spacial score (nSPS) is 20.8. The lowest BCUT2D eigenvalue weighted by Crippen LogP contribution is -2.33. The number of nitrogens with zero attached hydrogens (tertiary/aromatic N) is 3. The van der Waals surface area contributed by atoms with Crippen LogP contribution in [0.25, 0.3) is 10.9 Å². The Bertz CT molecular complexity index is 899. The number of ether oxygens (including phenoxy) is 1. The van der Waals surface area contributed by atoms with E-state index in [0.29, 0.717) is 30.8 Å². The van der Waals surface area contributed by atoms with Gasteiger partial charge in [0.15, 0.2) is 0 Å². The monoisotopic (exact) mass is 338 g/mol. The number of imide groups is 1. The summed E-state index contributed by atoms with van der Waals surface area (Å²) in [6, 6.07) is 1.81. The highest BCUT2D eigenvalue weighted by atomic mass is 16.5. The minimum atomic E-state index is -0.307. The van der Waals surface area contributed by atoms with Crippen molar-refractivity contribution in [3.63, 3.8) is 0 Å². The summed E-state index contributed by atoms with van der Waals surface area (Å²) < 4.78 is 5.81. The number of rotatable bonds is 5. The third-order valence-electron chi connectivity index (χ3n) is 4.60. The van der Waals surface area contributed by atoms with Crippen LogP contribution < -0.4 is 4.74 Å². The van der Waals surface area contributed by atoms with Crippen LogP contribution in [0.3, 0.4) is 0 Å². The van der Waals surface area contributed by atoms with Crippen LogP contribution in [0.1, 0.15) is 19.8 Å². The maximum absolute atomic E-state index is 12.4. The van der Waals surface area contributed by atoms with Gasteiger partial charge in [-0.25, -0.2) is 4.98 Å². The van der Waals surface area contributed by atoms with E-state index in [0.717, 1.165) is 10.9 Å². The van der Waals surface area contributed by atoms with Crippen LogP contribution in [0.5, 0.6) is 5.88 Å². The molecule has 4 rings (SSSR count). The van der Waals surface area contributed by atoms with Gasteiger partial charge in [-0.15, -0.1) is 0 Å². The molecule has 0 spiro atoms. The summed E-state index contributed by atoms with van der Waals surface area (Å²) >= 11 is 0. The second kappa shape index (κ2) is 6.16. The van der Waals surface area contributed by atoms with E-state index >= 15 is 0 Å². The van der Waals surface area contributed by atoms with Gasteiger partial charge in [0.05, 0.1) is 29.9 Å². The Balaban J connectivity index is 1.38. The largest absolute Gasteiger partial charge is 0.475 e. The number of H-pyrrole nitrogens is 1. The van der Waals surface area contributed by atoms with Crippen molar-refractivity contribution in [3.05, 3.63) is 42.3 Å². The van der Waals surface area contributed by atoms with Gasteiger partial charge in [-0.05, 0) is 13.3 Å². The minimum absolute atomic E-state index is 0.106. The van der Waals surface area contributed by atoms with Crippen LogP contribution in [-0.4, -0.2) is 44.5 Å². The molecule has 25 heavy (non-hydrogen) atoms. The number of amides is 2. The van der Waals surface area contributed by atoms with E-state index in [2.05, 4.69) is 15.2 Å². The lowest BCUT2D eigenvalue weighted by molar-refractivity contribution is -0.139. The molecule has 2 aromatic rings. The van der Waals surface area contributed by atoms with Crippen molar-refractivity contribution in [1.82, 2.24) is 20.1 Å². The first kappa shape index (κ1) is 15.6. The molecule has 2 amide bonds. The van der Waals surface area contributed by atoms with E-state index in [-0.39, 0.29) is 23.8 Å². The van der Waals surface area contributed by atoms with Gasteiger partial charge in [0.1, 0.15) is 0 Å². The molecule has 1 N–H and O–H groups in total. The fourth-order valence-electron chi connectivity index (χ4n) is 3.20. The Kier molecular flexibility index (Phi) is 3.83. The van der Waals surface area contributed by atoms with E-state index in [1.807, 2.05) is 25.1 Å². The maximum atomic E-state index is 12.4. The zero-order valence-electron chi connectivity index (χ0n) is 13.8. The first-order valence-corrected chi connectivity index (χ1v) is 8.31. The first-order valence-electron chi connectivity index (χ1n) is 8.31. The average molecular weight is 338 g/mol. The number of fused-ring (bicyclic) bond motifs is 2. The SMILES string of the molecule is C[C@H](CCN1C(=O)C2=CC=CCC2C1=O)Oc1cc2cn[nH]c2cn1. The molecule has 7 nitrogen and oxygen atoms in total. The molecular formula is C18H18N4O3. The summed E-state index contributed by atoms with van der Waals surface area (Å²) in [6.45, 7) is 2.25. The van der Waals surface area contributed by atoms with Crippen molar-refractivity contribution in [1.29, 1.82) is 0 Å². The van der Waals surface area contributed by atoms with Gasteiger partial charge in [-0.3, -0.25) is 19.6 Å². The molecule has 1 fully saturated rings. The summed E-state index contributed by atoms with van der Waals surface area (Å²) in [5, 5.41) is 7.71. The van der Waals surface area contributed by atoms with Gasteiger partial charge < -0.3 is 4.74 Å². The molecule has 0 aromatic carbocycles. The predicted molar refractivity (Wildman–Crippen MR) is 90.6 cm³/mol. The van der Waals surface area contributed by atoms with E-state index in [1.165, 1.54) is 4.90 Å². The van der Waals surface area contributed by atoms with Crippen molar-refractivity contribution >= 4 is 22.7 Å². The molecule has 128 valence electrons. The second-order valence-electron chi connectivity index (χ2n) is 6.33. The van der Waals surface area contributed by atoms with Crippen LogP contribution >= 0.6 is 0 Å². The third kappa shape index (κ3) is 2.82. The third-order valence-corrected chi connectivity index (χ3v) is 4.60. The fraction of sp³-hybridized carbons (Fsp3) is 0.333. The smallest absolute Gasteiger partial charge is 0.257 e. The molecule has 0 radical (unpaired) electrons. The highest BCUT2D eigenvalue weighted by Crippen LogP contribution is 2.31. The molecule has 1 aliphatic heterocycles. The zero-order chi connectivity index (χ0) is 17.4. The van der Waals surface area contributed by atoms with Gasteiger partial charge in [-0.1, -0.05) is 18.2 Å². The number of likely N-dealkylation sites (tertiary alicyclic amines) is 1. The number of aromatic nitrogens is 3. The fourth-order valence-corrected chi connectivity index (χ4v) is 3.20. The molecule has 1 unspecified atom stereocenters. The summed E-state index contributed by atoms with van der Waals surface area (Å²) in [5.74, 6) is -0.0878. The van der Waals surface area contributed by atoms with Crippen molar-refractivity contribution in [3.8, 4) is 5.88 Å². The lowest BCUT2D eigenvalue weighted by atomic mass is 9.94. The maximum Gasteiger partial charge on any atom is 0.257 e. The highest BCUT2D eigenvalue weighted by Gasteiger charge is 2.42. The predicted octanol–water partition coefficient (Wildman–Crippen LogP) is 1.99. The van der Waals surface area contributed by atoms with Crippen LogP contribution in [0.4, 0.5) is 0 Å². The second-order valence-corrected chi connectivity index (χ2v) is 6.33. The number of carbonyl (C=O) groups excluding carboxylic acids is 2. The van der Waals surface area contributed by atoms with Crippen LogP contribution in [-0.2, 0) is 9.59 Å². The van der Waals surface area contributed by atoms with Gasteiger partial charge in [-0.2, -0.15) is 5.10 Å². The van der Waals surface area contributed by atoms with Crippen molar-refractivity contribution in [2.45, 2.75) is 25.9 Å². The Morgan fingerprint density at radius 2 is 2.28 bits per heavy atom. The van der Waals surface area contributed by atoms with Gasteiger partial charge in [0, 0.05) is 30.0 Å². The lowest BCUT2D eigenvalue weighted by Gasteiger charge is -2.18. The number of pyridine rings is 1. The van der Waals surface area contributed by atoms with Crippen LogP contribution in [0.2, 0.25) is 0 Å². The minimum Gasteiger partial charge on any atom is -0.475 e. The molecule has 2 aromatic heterocycles. The Morgan fingerprint density at radius 3 is 3.12 bits per heavy atom. The highest BCUT2D eigenvalue weighted by molar-refractivity contribution is 6.15. The van der Waals surface area contributed by atoms with Crippen molar-refractivity contribution in [2.24, 2.45) is 5.92 Å². The van der Waals surface area contributed by atoms with Crippen LogP contribution in [0, 0.1) is 5.92 Å². The summed E-state index contributed by atoms with van der Waals surface area (Å²) in [5.41, 5.74) is 1.45. The number of hydrogen-bond donors (Lipinski definition) is 1. The Morgan fingerprint density at radius 1 is 1.40 bits per heavy atom. The first-order chi connectivity index (χ1) is 12.1.